The Kier molecular flexibility index (Phi) is 3.75. The van der Waals surface area contributed by atoms with E-state index in [4.69, 9.17) is 10.5 Å². The second kappa shape index (κ2) is 5.07. The van der Waals surface area contributed by atoms with Gasteiger partial charge in [0.2, 0.25) is 0 Å². The Morgan fingerprint density at radius 2 is 2.40 bits per heavy atom. The Balaban J connectivity index is 1.90. The van der Waals surface area contributed by atoms with E-state index in [9.17, 15) is 0 Å². The summed E-state index contributed by atoms with van der Waals surface area (Å²) >= 11 is 1.88. The molecule has 0 atom stereocenters. The summed E-state index contributed by atoms with van der Waals surface area (Å²) < 4.78 is 5.43. The molecule has 84 valence electrons. The van der Waals surface area contributed by atoms with Gasteiger partial charge < -0.3 is 10.5 Å². The number of ether oxygens (including phenoxy) is 1. The first-order valence-electron chi connectivity index (χ1n) is 5.44. The van der Waals surface area contributed by atoms with Crippen LogP contribution in [0.2, 0.25) is 0 Å². The molecule has 0 spiro atoms. The van der Waals surface area contributed by atoms with E-state index in [1.165, 1.54) is 15.3 Å². The zero-order valence-electron chi connectivity index (χ0n) is 9.16. The highest BCUT2D eigenvalue weighted by Gasteiger charge is 2.20. The van der Waals surface area contributed by atoms with Crippen molar-refractivity contribution in [1.29, 1.82) is 0 Å². The average Bonchev–Trinajstić information content (AvgIpc) is 2.75. The zero-order valence-corrected chi connectivity index (χ0v) is 9.98. The molecule has 0 saturated carbocycles. The van der Waals surface area contributed by atoms with Crippen molar-refractivity contribution in [2.24, 2.45) is 5.73 Å². The van der Waals surface area contributed by atoms with Gasteiger partial charge in [-0.15, -0.1) is 11.3 Å². The molecule has 1 aromatic heterocycles. The Bertz CT molecular complexity index is 301. The minimum atomic E-state index is 0.606. The van der Waals surface area contributed by atoms with Crippen LogP contribution in [0.3, 0.4) is 0 Å². The largest absolute Gasteiger partial charge is 0.375 e. The molecule has 0 aromatic carbocycles. The number of nitrogens with zero attached hydrogens (tertiary/aromatic N) is 1. The van der Waals surface area contributed by atoms with Gasteiger partial charge in [-0.05, 0) is 18.2 Å². The van der Waals surface area contributed by atoms with E-state index in [-0.39, 0.29) is 0 Å². The van der Waals surface area contributed by atoms with E-state index in [1.54, 1.807) is 0 Å². The van der Waals surface area contributed by atoms with E-state index >= 15 is 0 Å². The molecule has 1 aliphatic heterocycles. The van der Waals surface area contributed by atoms with Crippen molar-refractivity contribution in [3.05, 3.63) is 21.4 Å². The van der Waals surface area contributed by atoms with Crippen LogP contribution in [-0.4, -0.2) is 24.6 Å². The molecule has 15 heavy (non-hydrogen) atoms. The van der Waals surface area contributed by atoms with E-state index in [1.807, 2.05) is 11.3 Å². The first kappa shape index (κ1) is 11.1. The first-order valence-corrected chi connectivity index (χ1v) is 6.25. The quantitative estimate of drug-likeness (QED) is 0.774. The molecule has 0 radical (unpaired) electrons. The first-order chi connectivity index (χ1) is 7.33. The van der Waals surface area contributed by atoms with Gasteiger partial charge in [0.25, 0.3) is 0 Å². The van der Waals surface area contributed by atoms with Gasteiger partial charge in [0.05, 0.1) is 13.2 Å². The number of rotatable bonds is 5. The molecule has 2 rings (SSSR count). The summed E-state index contributed by atoms with van der Waals surface area (Å²) in [5.74, 6) is 0. The normalized spacial score (nSPS) is 15.9. The molecule has 0 unspecified atom stereocenters. The van der Waals surface area contributed by atoms with Crippen molar-refractivity contribution in [2.45, 2.75) is 26.6 Å². The maximum absolute atomic E-state index is 5.43. The van der Waals surface area contributed by atoms with Crippen LogP contribution >= 0.6 is 11.3 Å². The van der Waals surface area contributed by atoms with E-state index in [0.29, 0.717) is 13.2 Å². The summed E-state index contributed by atoms with van der Waals surface area (Å²) in [5.41, 5.74) is 6.87. The van der Waals surface area contributed by atoms with Gasteiger partial charge in [0.15, 0.2) is 0 Å². The average molecular weight is 226 g/mol. The SMILES string of the molecule is CCN1Cc2cc(COCCN)sc2C1. The third-order valence-corrected chi connectivity index (χ3v) is 3.80. The van der Waals surface area contributed by atoms with Gasteiger partial charge in [0.1, 0.15) is 0 Å². The highest BCUT2D eigenvalue weighted by atomic mass is 32.1. The standard InChI is InChI=1S/C11H18N2OS/c1-2-13-6-9-5-10(8-14-4-3-12)15-11(9)7-13/h5H,2-4,6-8,12H2,1H3. The molecule has 4 heteroatoms. The van der Waals surface area contributed by atoms with Gasteiger partial charge in [-0.3, -0.25) is 4.90 Å². The lowest BCUT2D eigenvalue weighted by atomic mass is 10.3. The smallest absolute Gasteiger partial charge is 0.0810 e. The van der Waals surface area contributed by atoms with Crippen LogP contribution < -0.4 is 5.73 Å². The zero-order chi connectivity index (χ0) is 10.7. The molecular weight excluding hydrogens is 208 g/mol. The van der Waals surface area contributed by atoms with Crippen molar-refractivity contribution in [3.8, 4) is 0 Å². The summed E-state index contributed by atoms with van der Waals surface area (Å²) in [6, 6.07) is 2.28. The fraction of sp³-hybridized carbons (Fsp3) is 0.636. The third-order valence-electron chi connectivity index (χ3n) is 2.66. The summed E-state index contributed by atoms with van der Waals surface area (Å²) in [6.45, 7) is 7.56. The van der Waals surface area contributed by atoms with Crippen molar-refractivity contribution in [2.75, 3.05) is 19.7 Å². The van der Waals surface area contributed by atoms with Crippen LogP contribution in [0.25, 0.3) is 0 Å². The summed E-state index contributed by atoms with van der Waals surface area (Å²) in [5, 5.41) is 0. The minimum absolute atomic E-state index is 0.606. The molecule has 1 aromatic rings. The highest BCUT2D eigenvalue weighted by molar-refractivity contribution is 7.12. The molecule has 3 nitrogen and oxygen atoms in total. The maximum Gasteiger partial charge on any atom is 0.0810 e. The molecule has 0 fully saturated rings. The number of hydrogen-bond acceptors (Lipinski definition) is 4. The number of nitrogens with two attached hydrogens (primary N) is 1. The van der Waals surface area contributed by atoms with Crippen LogP contribution in [0.1, 0.15) is 22.2 Å². The molecule has 1 aliphatic rings. The lowest BCUT2D eigenvalue weighted by molar-refractivity contribution is 0.130. The van der Waals surface area contributed by atoms with Crippen LogP contribution in [0.5, 0.6) is 0 Å². The second-order valence-corrected chi connectivity index (χ2v) is 5.03. The molecule has 0 amide bonds. The number of thiophene rings is 1. The molecule has 2 heterocycles. The van der Waals surface area contributed by atoms with Gasteiger partial charge in [-0.25, -0.2) is 0 Å². The van der Waals surface area contributed by atoms with E-state index < -0.39 is 0 Å². The fourth-order valence-electron chi connectivity index (χ4n) is 1.85. The predicted octanol–water partition coefficient (Wildman–Crippen LogP) is 1.56. The van der Waals surface area contributed by atoms with Gasteiger partial charge in [-0.2, -0.15) is 0 Å². The summed E-state index contributed by atoms with van der Waals surface area (Å²) in [7, 11) is 0. The Hall–Kier alpha value is -0.420. The van der Waals surface area contributed by atoms with Crippen molar-refractivity contribution < 1.29 is 4.74 Å². The topological polar surface area (TPSA) is 38.5 Å². The molecule has 2 N–H and O–H groups in total. The minimum Gasteiger partial charge on any atom is -0.375 e. The van der Waals surface area contributed by atoms with Crippen molar-refractivity contribution in [1.82, 2.24) is 4.90 Å². The van der Waals surface area contributed by atoms with Gasteiger partial charge >= 0.3 is 0 Å². The Morgan fingerprint density at radius 1 is 1.53 bits per heavy atom. The Morgan fingerprint density at radius 3 is 3.07 bits per heavy atom. The van der Waals surface area contributed by atoms with Gasteiger partial charge in [0, 0.05) is 29.4 Å². The van der Waals surface area contributed by atoms with E-state index in [0.717, 1.165) is 26.2 Å². The number of fused-ring (bicyclic) bond motifs is 1. The number of hydrogen-bond donors (Lipinski definition) is 1. The molecular formula is C11H18N2OS. The van der Waals surface area contributed by atoms with Crippen LogP contribution in [0.4, 0.5) is 0 Å². The van der Waals surface area contributed by atoms with Crippen LogP contribution in [-0.2, 0) is 24.4 Å². The second-order valence-electron chi connectivity index (χ2n) is 3.81. The monoisotopic (exact) mass is 226 g/mol. The Labute approximate surface area is 94.8 Å². The summed E-state index contributed by atoms with van der Waals surface area (Å²) in [6.07, 6.45) is 0. The summed E-state index contributed by atoms with van der Waals surface area (Å²) in [4.78, 5) is 5.30. The molecule has 0 saturated heterocycles. The third kappa shape index (κ3) is 2.58. The van der Waals surface area contributed by atoms with Gasteiger partial charge in [-0.1, -0.05) is 6.92 Å². The van der Waals surface area contributed by atoms with Crippen molar-refractivity contribution in [3.63, 3.8) is 0 Å². The van der Waals surface area contributed by atoms with Crippen LogP contribution in [0, 0.1) is 0 Å². The maximum atomic E-state index is 5.43. The lowest BCUT2D eigenvalue weighted by Gasteiger charge is -2.10. The fourth-order valence-corrected chi connectivity index (χ4v) is 3.01. The van der Waals surface area contributed by atoms with Crippen molar-refractivity contribution >= 4 is 11.3 Å². The predicted molar refractivity (Wildman–Crippen MR) is 62.8 cm³/mol. The van der Waals surface area contributed by atoms with Crippen LogP contribution in [0.15, 0.2) is 6.07 Å². The molecule has 0 aliphatic carbocycles. The van der Waals surface area contributed by atoms with E-state index in [2.05, 4.69) is 17.9 Å². The highest BCUT2D eigenvalue weighted by Crippen LogP contribution is 2.31. The lowest BCUT2D eigenvalue weighted by Crippen LogP contribution is -2.14. The molecule has 0 bridgehead atoms.